The molecule has 0 fully saturated rings. The van der Waals surface area contributed by atoms with Crippen LogP contribution in [0.15, 0.2) is 36.4 Å². The standard InChI is InChI=1S/C12H8ClF2NO/c13-9-5-11(16)12(6-10(9)15)17-8-3-1-2-7(14)4-8/h1-6H,16H2. The van der Waals surface area contributed by atoms with Crippen LogP contribution in [0.3, 0.4) is 0 Å². The first-order valence-electron chi connectivity index (χ1n) is 4.74. The molecule has 0 aromatic heterocycles. The number of rotatable bonds is 2. The Morgan fingerprint density at radius 2 is 1.88 bits per heavy atom. The molecule has 2 nitrogen and oxygen atoms in total. The number of benzene rings is 2. The van der Waals surface area contributed by atoms with Crippen LogP contribution in [0, 0.1) is 11.6 Å². The molecule has 0 aliphatic heterocycles. The fourth-order valence-corrected chi connectivity index (χ4v) is 1.46. The summed E-state index contributed by atoms with van der Waals surface area (Å²) in [6.45, 7) is 0. The summed E-state index contributed by atoms with van der Waals surface area (Å²) in [7, 11) is 0. The zero-order chi connectivity index (χ0) is 12.4. The van der Waals surface area contributed by atoms with E-state index in [-0.39, 0.29) is 22.2 Å². The summed E-state index contributed by atoms with van der Waals surface area (Å²) < 4.78 is 31.4. The molecule has 5 heteroatoms. The van der Waals surface area contributed by atoms with Crippen LogP contribution in [-0.2, 0) is 0 Å². The minimum atomic E-state index is -0.646. The minimum absolute atomic E-state index is 0.0888. The second-order valence-corrected chi connectivity index (χ2v) is 3.77. The lowest BCUT2D eigenvalue weighted by Crippen LogP contribution is -1.94. The van der Waals surface area contributed by atoms with E-state index in [1.807, 2.05) is 0 Å². The first-order chi connectivity index (χ1) is 8.06. The number of nitrogens with two attached hydrogens (primary N) is 1. The van der Waals surface area contributed by atoms with E-state index in [1.54, 1.807) is 0 Å². The molecule has 2 aromatic carbocycles. The Kier molecular flexibility index (Phi) is 3.15. The van der Waals surface area contributed by atoms with Crippen molar-refractivity contribution in [2.24, 2.45) is 0 Å². The molecule has 0 heterocycles. The van der Waals surface area contributed by atoms with E-state index in [2.05, 4.69) is 0 Å². The highest BCUT2D eigenvalue weighted by atomic mass is 35.5. The van der Waals surface area contributed by atoms with Crippen LogP contribution in [0.5, 0.6) is 11.5 Å². The number of hydrogen-bond donors (Lipinski definition) is 1. The molecule has 2 aromatic rings. The number of nitrogen functional groups attached to an aromatic ring is 1. The van der Waals surface area contributed by atoms with Gasteiger partial charge in [-0.3, -0.25) is 0 Å². The zero-order valence-electron chi connectivity index (χ0n) is 8.58. The van der Waals surface area contributed by atoms with Crippen molar-refractivity contribution < 1.29 is 13.5 Å². The Balaban J connectivity index is 2.33. The molecule has 0 saturated carbocycles. The fraction of sp³-hybridized carbons (Fsp3) is 0. The van der Waals surface area contributed by atoms with E-state index in [4.69, 9.17) is 22.1 Å². The van der Waals surface area contributed by atoms with E-state index in [9.17, 15) is 8.78 Å². The lowest BCUT2D eigenvalue weighted by Gasteiger charge is -2.09. The maximum Gasteiger partial charge on any atom is 0.153 e. The average Bonchev–Trinajstić information content (AvgIpc) is 2.26. The summed E-state index contributed by atoms with van der Waals surface area (Å²) in [6, 6.07) is 7.76. The molecule has 0 atom stereocenters. The van der Waals surface area contributed by atoms with Crippen molar-refractivity contribution in [1.82, 2.24) is 0 Å². The predicted molar refractivity (Wildman–Crippen MR) is 62.3 cm³/mol. The van der Waals surface area contributed by atoms with Gasteiger partial charge in [0.25, 0.3) is 0 Å². The lowest BCUT2D eigenvalue weighted by molar-refractivity contribution is 0.474. The third-order valence-corrected chi connectivity index (χ3v) is 2.37. The quantitative estimate of drug-likeness (QED) is 0.824. The normalized spacial score (nSPS) is 10.3. The van der Waals surface area contributed by atoms with E-state index in [0.29, 0.717) is 0 Å². The fourth-order valence-electron chi connectivity index (χ4n) is 1.29. The van der Waals surface area contributed by atoms with Crippen molar-refractivity contribution in [1.29, 1.82) is 0 Å². The van der Waals surface area contributed by atoms with Gasteiger partial charge in [-0.25, -0.2) is 8.78 Å². The second kappa shape index (κ2) is 4.59. The van der Waals surface area contributed by atoms with Crippen LogP contribution in [0.2, 0.25) is 5.02 Å². The Morgan fingerprint density at radius 1 is 1.12 bits per heavy atom. The Bertz CT molecular complexity index is 560. The van der Waals surface area contributed by atoms with Gasteiger partial charge in [-0.05, 0) is 18.2 Å². The predicted octanol–water partition coefficient (Wildman–Crippen LogP) is 3.99. The van der Waals surface area contributed by atoms with Gasteiger partial charge in [-0.2, -0.15) is 0 Å². The molecule has 2 N–H and O–H groups in total. The smallest absolute Gasteiger partial charge is 0.153 e. The van der Waals surface area contributed by atoms with Crippen LogP contribution in [0.4, 0.5) is 14.5 Å². The topological polar surface area (TPSA) is 35.2 Å². The number of hydrogen-bond acceptors (Lipinski definition) is 2. The van der Waals surface area contributed by atoms with Gasteiger partial charge in [0.15, 0.2) is 5.75 Å². The van der Waals surface area contributed by atoms with Gasteiger partial charge < -0.3 is 10.5 Å². The maximum atomic E-state index is 13.2. The molecule has 0 bridgehead atoms. The molecule has 0 amide bonds. The van der Waals surface area contributed by atoms with Gasteiger partial charge >= 0.3 is 0 Å². The van der Waals surface area contributed by atoms with E-state index in [1.165, 1.54) is 30.3 Å². The summed E-state index contributed by atoms with van der Waals surface area (Å²) in [6.07, 6.45) is 0. The largest absolute Gasteiger partial charge is 0.455 e. The lowest BCUT2D eigenvalue weighted by atomic mass is 10.3. The van der Waals surface area contributed by atoms with Crippen LogP contribution >= 0.6 is 11.6 Å². The maximum absolute atomic E-state index is 13.2. The van der Waals surface area contributed by atoms with Crippen LogP contribution in [0.25, 0.3) is 0 Å². The van der Waals surface area contributed by atoms with E-state index >= 15 is 0 Å². The van der Waals surface area contributed by atoms with Crippen molar-refractivity contribution >= 4 is 17.3 Å². The highest BCUT2D eigenvalue weighted by Gasteiger charge is 2.08. The number of halogens is 3. The number of anilines is 1. The highest BCUT2D eigenvalue weighted by Crippen LogP contribution is 2.31. The highest BCUT2D eigenvalue weighted by molar-refractivity contribution is 6.31. The summed E-state index contributed by atoms with van der Waals surface area (Å²) in [4.78, 5) is 0. The van der Waals surface area contributed by atoms with Crippen molar-refractivity contribution in [3.8, 4) is 11.5 Å². The van der Waals surface area contributed by atoms with Gasteiger partial charge in [0.1, 0.15) is 17.4 Å². The summed E-state index contributed by atoms with van der Waals surface area (Å²) in [5.74, 6) is -0.765. The first kappa shape index (κ1) is 11.7. The van der Waals surface area contributed by atoms with Gasteiger partial charge in [0.05, 0.1) is 10.7 Å². The van der Waals surface area contributed by atoms with Crippen molar-refractivity contribution in [3.63, 3.8) is 0 Å². The monoisotopic (exact) mass is 255 g/mol. The number of ether oxygens (including phenoxy) is 1. The third kappa shape index (κ3) is 2.65. The summed E-state index contributed by atoms with van der Waals surface area (Å²) >= 11 is 5.54. The summed E-state index contributed by atoms with van der Waals surface area (Å²) in [5, 5.41) is -0.0888. The van der Waals surface area contributed by atoms with Gasteiger partial charge in [0.2, 0.25) is 0 Å². The van der Waals surface area contributed by atoms with E-state index < -0.39 is 11.6 Å². The molecule has 0 saturated heterocycles. The molecular weight excluding hydrogens is 248 g/mol. The Hall–Kier alpha value is -1.81. The molecular formula is C12H8ClF2NO. The molecule has 0 radical (unpaired) electrons. The molecule has 2 rings (SSSR count). The molecule has 0 aliphatic carbocycles. The van der Waals surface area contributed by atoms with Gasteiger partial charge in [-0.15, -0.1) is 0 Å². The van der Waals surface area contributed by atoms with Gasteiger partial charge in [0, 0.05) is 12.1 Å². The van der Waals surface area contributed by atoms with Crippen LogP contribution in [-0.4, -0.2) is 0 Å². The second-order valence-electron chi connectivity index (χ2n) is 3.36. The SMILES string of the molecule is Nc1cc(Cl)c(F)cc1Oc1cccc(F)c1. The first-order valence-corrected chi connectivity index (χ1v) is 5.12. The third-order valence-electron chi connectivity index (χ3n) is 2.08. The van der Waals surface area contributed by atoms with Crippen LogP contribution < -0.4 is 10.5 Å². The van der Waals surface area contributed by atoms with E-state index in [0.717, 1.165) is 6.07 Å². The molecule has 88 valence electrons. The zero-order valence-corrected chi connectivity index (χ0v) is 9.34. The summed E-state index contributed by atoms with van der Waals surface area (Å²) in [5.41, 5.74) is 5.79. The molecule has 17 heavy (non-hydrogen) atoms. The van der Waals surface area contributed by atoms with Crippen molar-refractivity contribution in [3.05, 3.63) is 53.1 Å². The van der Waals surface area contributed by atoms with Crippen molar-refractivity contribution in [2.45, 2.75) is 0 Å². The Labute approximate surface area is 102 Å². The molecule has 0 aliphatic rings. The van der Waals surface area contributed by atoms with Gasteiger partial charge in [-0.1, -0.05) is 17.7 Å². The van der Waals surface area contributed by atoms with Crippen molar-refractivity contribution in [2.75, 3.05) is 5.73 Å². The average molecular weight is 256 g/mol. The molecule has 0 unspecified atom stereocenters. The minimum Gasteiger partial charge on any atom is -0.455 e. The van der Waals surface area contributed by atoms with Crippen LogP contribution in [0.1, 0.15) is 0 Å². The molecule has 0 spiro atoms. The Morgan fingerprint density at radius 3 is 2.59 bits per heavy atom.